The maximum absolute atomic E-state index is 12.3. The Morgan fingerprint density at radius 3 is 2.68 bits per heavy atom. The largest absolute Gasteiger partial charge is 0.481 e. The molecule has 1 aromatic carbocycles. The van der Waals surface area contributed by atoms with Gasteiger partial charge in [-0.1, -0.05) is 11.6 Å². The van der Waals surface area contributed by atoms with Crippen molar-refractivity contribution in [2.75, 3.05) is 19.7 Å². The van der Waals surface area contributed by atoms with Crippen molar-refractivity contribution in [3.8, 4) is 5.75 Å². The SMILES string of the molecule is O=C(COc1ccc(Cl)c2cccnc12)N1CCC(O)(C(=O)O)CC1. The summed E-state index contributed by atoms with van der Waals surface area (Å²) in [7, 11) is 0. The van der Waals surface area contributed by atoms with Crippen molar-refractivity contribution >= 4 is 34.4 Å². The lowest BCUT2D eigenvalue weighted by atomic mass is 9.92. The number of hydrogen-bond acceptors (Lipinski definition) is 5. The number of carbonyl (C=O) groups is 2. The molecule has 1 fully saturated rings. The first-order valence-corrected chi connectivity index (χ1v) is 8.18. The molecule has 1 aromatic heterocycles. The van der Waals surface area contributed by atoms with Crippen molar-refractivity contribution in [3.63, 3.8) is 0 Å². The zero-order valence-electron chi connectivity index (χ0n) is 13.3. The van der Waals surface area contributed by atoms with Crippen LogP contribution in [-0.4, -0.2) is 57.3 Å². The van der Waals surface area contributed by atoms with E-state index in [0.717, 1.165) is 5.39 Å². The van der Waals surface area contributed by atoms with E-state index >= 15 is 0 Å². The number of ether oxygens (including phenoxy) is 1. The van der Waals surface area contributed by atoms with Gasteiger partial charge in [0, 0.05) is 37.5 Å². The number of fused-ring (bicyclic) bond motifs is 1. The number of benzene rings is 1. The first-order valence-electron chi connectivity index (χ1n) is 7.80. The number of carbonyl (C=O) groups excluding carboxylic acids is 1. The van der Waals surface area contributed by atoms with Gasteiger partial charge in [-0.05, 0) is 24.3 Å². The van der Waals surface area contributed by atoms with Crippen LogP contribution in [0.1, 0.15) is 12.8 Å². The highest BCUT2D eigenvalue weighted by Gasteiger charge is 2.40. The van der Waals surface area contributed by atoms with E-state index in [1.165, 1.54) is 4.90 Å². The summed E-state index contributed by atoms with van der Waals surface area (Å²) in [6.45, 7) is 0.147. The van der Waals surface area contributed by atoms with Gasteiger partial charge in [-0.2, -0.15) is 0 Å². The predicted molar refractivity (Wildman–Crippen MR) is 90.6 cm³/mol. The van der Waals surface area contributed by atoms with Crippen LogP contribution >= 0.6 is 11.6 Å². The zero-order chi connectivity index (χ0) is 18.0. The zero-order valence-corrected chi connectivity index (χ0v) is 14.1. The molecule has 0 unspecified atom stereocenters. The van der Waals surface area contributed by atoms with Crippen molar-refractivity contribution < 1.29 is 24.5 Å². The summed E-state index contributed by atoms with van der Waals surface area (Å²) < 4.78 is 5.60. The van der Waals surface area contributed by atoms with Crippen molar-refractivity contribution in [3.05, 3.63) is 35.5 Å². The molecule has 1 aliphatic heterocycles. The van der Waals surface area contributed by atoms with E-state index in [-0.39, 0.29) is 38.4 Å². The molecule has 2 heterocycles. The Morgan fingerprint density at radius 1 is 1.28 bits per heavy atom. The minimum atomic E-state index is -1.76. The lowest BCUT2D eigenvalue weighted by Gasteiger charge is -2.35. The van der Waals surface area contributed by atoms with Crippen LogP contribution in [0.4, 0.5) is 0 Å². The number of hydrogen-bond donors (Lipinski definition) is 2. The van der Waals surface area contributed by atoms with Crippen LogP contribution in [0, 0.1) is 0 Å². The third-order valence-corrected chi connectivity index (χ3v) is 4.70. The molecule has 1 aliphatic rings. The van der Waals surface area contributed by atoms with Gasteiger partial charge in [-0.25, -0.2) is 4.79 Å². The summed E-state index contributed by atoms with van der Waals surface area (Å²) in [5.74, 6) is -1.08. The number of piperidine rings is 1. The smallest absolute Gasteiger partial charge is 0.335 e. The van der Waals surface area contributed by atoms with Gasteiger partial charge in [0.05, 0.1) is 5.02 Å². The second kappa shape index (κ2) is 6.85. The standard InChI is InChI=1S/C17H17ClN2O5/c18-12-3-4-13(15-11(12)2-1-7-19-15)25-10-14(21)20-8-5-17(24,6-9-20)16(22)23/h1-4,7,24H,5-6,8-10H2,(H,22,23). The van der Waals surface area contributed by atoms with Crippen LogP contribution in [0.2, 0.25) is 5.02 Å². The molecule has 3 rings (SSSR count). The average molecular weight is 365 g/mol. The number of halogens is 1. The maximum Gasteiger partial charge on any atom is 0.335 e. The number of nitrogens with zero attached hydrogens (tertiary/aromatic N) is 2. The van der Waals surface area contributed by atoms with Crippen LogP contribution in [0.25, 0.3) is 10.9 Å². The molecule has 1 saturated heterocycles. The maximum atomic E-state index is 12.3. The van der Waals surface area contributed by atoms with E-state index in [1.54, 1.807) is 24.4 Å². The van der Waals surface area contributed by atoms with E-state index < -0.39 is 11.6 Å². The Kier molecular flexibility index (Phi) is 4.78. The molecule has 2 N–H and O–H groups in total. The number of carboxylic acid groups (broad SMARTS) is 1. The Hall–Kier alpha value is -2.38. The minimum absolute atomic E-state index is 0.000492. The molecule has 2 aromatic rings. The second-order valence-corrected chi connectivity index (χ2v) is 6.36. The Bertz CT molecular complexity index is 818. The molecular weight excluding hydrogens is 348 g/mol. The van der Waals surface area contributed by atoms with Crippen molar-refractivity contribution in [1.29, 1.82) is 0 Å². The van der Waals surface area contributed by atoms with Crippen molar-refractivity contribution in [2.45, 2.75) is 18.4 Å². The van der Waals surface area contributed by atoms with Gasteiger partial charge in [-0.15, -0.1) is 0 Å². The lowest BCUT2D eigenvalue weighted by Crippen LogP contribution is -2.51. The number of carboxylic acids is 1. The minimum Gasteiger partial charge on any atom is -0.481 e. The highest BCUT2D eigenvalue weighted by atomic mass is 35.5. The van der Waals surface area contributed by atoms with Gasteiger partial charge in [0.1, 0.15) is 11.3 Å². The van der Waals surface area contributed by atoms with Crippen LogP contribution in [-0.2, 0) is 9.59 Å². The van der Waals surface area contributed by atoms with Gasteiger partial charge in [0.25, 0.3) is 5.91 Å². The Labute approximate surface area is 148 Å². The lowest BCUT2D eigenvalue weighted by molar-refractivity contribution is -0.165. The first-order chi connectivity index (χ1) is 11.9. The molecule has 0 bridgehead atoms. The third kappa shape index (κ3) is 3.52. The molecule has 7 nitrogen and oxygen atoms in total. The van der Waals surface area contributed by atoms with E-state index in [4.69, 9.17) is 21.4 Å². The molecule has 8 heteroatoms. The topological polar surface area (TPSA) is 100.0 Å². The molecule has 0 spiro atoms. The monoisotopic (exact) mass is 364 g/mol. The molecule has 0 saturated carbocycles. The molecule has 132 valence electrons. The number of aromatic nitrogens is 1. The highest BCUT2D eigenvalue weighted by molar-refractivity contribution is 6.35. The molecular formula is C17H17ClN2O5. The number of pyridine rings is 1. The average Bonchev–Trinajstić information content (AvgIpc) is 2.62. The molecule has 0 radical (unpaired) electrons. The Morgan fingerprint density at radius 2 is 2.00 bits per heavy atom. The van der Waals surface area contributed by atoms with Crippen molar-refractivity contribution in [1.82, 2.24) is 9.88 Å². The summed E-state index contributed by atoms with van der Waals surface area (Å²) >= 11 is 6.12. The fourth-order valence-corrected chi connectivity index (χ4v) is 3.01. The van der Waals surface area contributed by atoms with Gasteiger partial charge >= 0.3 is 5.97 Å². The van der Waals surface area contributed by atoms with Crippen LogP contribution in [0.3, 0.4) is 0 Å². The second-order valence-electron chi connectivity index (χ2n) is 5.95. The van der Waals surface area contributed by atoms with E-state index in [1.807, 2.05) is 6.07 Å². The fourth-order valence-electron chi connectivity index (χ4n) is 2.80. The molecule has 25 heavy (non-hydrogen) atoms. The number of rotatable bonds is 4. The third-order valence-electron chi connectivity index (χ3n) is 4.37. The number of likely N-dealkylation sites (tertiary alicyclic amines) is 1. The van der Waals surface area contributed by atoms with E-state index in [2.05, 4.69) is 4.98 Å². The highest BCUT2D eigenvalue weighted by Crippen LogP contribution is 2.29. The van der Waals surface area contributed by atoms with Crippen LogP contribution < -0.4 is 4.74 Å². The summed E-state index contributed by atoms with van der Waals surface area (Å²) in [5.41, 5.74) is -1.18. The summed E-state index contributed by atoms with van der Waals surface area (Å²) in [6, 6.07) is 6.92. The van der Waals surface area contributed by atoms with Crippen LogP contribution in [0.15, 0.2) is 30.5 Å². The summed E-state index contributed by atoms with van der Waals surface area (Å²) in [4.78, 5) is 29.0. The van der Waals surface area contributed by atoms with Crippen LogP contribution in [0.5, 0.6) is 5.75 Å². The quantitative estimate of drug-likeness (QED) is 0.856. The summed E-state index contributed by atoms with van der Waals surface area (Å²) in [5, 5.41) is 20.2. The number of aliphatic hydroxyl groups is 1. The predicted octanol–water partition coefficient (Wildman–Crippen LogP) is 1.71. The number of amides is 1. The van der Waals surface area contributed by atoms with Gasteiger partial charge in [0.2, 0.25) is 0 Å². The van der Waals surface area contributed by atoms with Crippen molar-refractivity contribution in [2.24, 2.45) is 0 Å². The molecule has 0 atom stereocenters. The fraction of sp³-hybridized carbons (Fsp3) is 0.353. The van der Waals surface area contributed by atoms with Gasteiger partial charge < -0.3 is 19.8 Å². The molecule has 0 aliphatic carbocycles. The summed E-state index contributed by atoms with van der Waals surface area (Å²) in [6.07, 6.45) is 1.61. The Balaban J connectivity index is 1.64. The number of aliphatic carboxylic acids is 1. The van der Waals surface area contributed by atoms with Gasteiger partial charge in [-0.3, -0.25) is 9.78 Å². The normalized spacial score (nSPS) is 16.6. The first kappa shape index (κ1) is 17.4. The van der Waals surface area contributed by atoms with E-state index in [9.17, 15) is 14.7 Å². The molecule has 1 amide bonds. The van der Waals surface area contributed by atoms with E-state index in [0.29, 0.717) is 16.3 Å². The van der Waals surface area contributed by atoms with Gasteiger partial charge in [0.15, 0.2) is 12.2 Å².